The van der Waals surface area contributed by atoms with E-state index < -0.39 is 16.1 Å². The van der Waals surface area contributed by atoms with Gasteiger partial charge in [-0.15, -0.1) is 0 Å². The predicted octanol–water partition coefficient (Wildman–Crippen LogP) is 4.17. The number of nitrogens with one attached hydrogen (secondary N) is 2. The van der Waals surface area contributed by atoms with Crippen LogP contribution >= 0.6 is 0 Å². The van der Waals surface area contributed by atoms with Gasteiger partial charge in [0.1, 0.15) is 11.8 Å². The van der Waals surface area contributed by atoms with E-state index in [-0.39, 0.29) is 23.3 Å². The molecule has 0 aromatic heterocycles. The van der Waals surface area contributed by atoms with Crippen molar-refractivity contribution in [2.75, 3.05) is 6.61 Å². The fourth-order valence-electron chi connectivity index (χ4n) is 4.35. The number of aryl methyl sites for hydroxylation is 1. The molecule has 0 saturated carbocycles. The Kier molecular flexibility index (Phi) is 7.65. The number of sulfonamides is 1. The molecule has 0 heterocycles. The lowest BCUT2D eigenvalue weighted by molar-refractivity contribution is -0.123. The van der Waals surface area contributed by atoms with Crippen LogP contribution < -0.4 is 14.8 Å². The monoisotopic (exact) mass is 478 g/mol. The molecule has 4 rings (SSSR count). The molecule has 1 aliphatic carbocycles. The topological polar surface area (TPSA) is 84.5 Å². The summed E-state index contributed by atoms with van der Waals surface area (Å²) in [5.41, 5.74) is 3.21. The Morgan fingerprint density at radius 3 is 2.44 bits per heavy atom. The largest absolute Gasteiger partial charge is 0.494 e. The molecule has 7 heteroatoms. The van der Waals surface area contributed by atoms with E-state index in [1.165, 1.54) is 17.7 Å². The van der Waals surface area contributed by atoms with Crippen LogP contribution in [0.5, 0.6) is 5.75 Å². The standard InChI is InChI=1S/C27H30N2O4S/c1-2-33-22-15-17-23(18-16-22)34(31,32)29-26(19-20-9-4-3-5-10-20)27(30)28-25-14-8-12-21-11-6-7-13-24(21)25/h3-7,9-11,13,15-18,25-26,29H,2,8,12,14,19H2,1H3,(H,28,30)/t25-,26-/m0/s1. The van der Waals surface area contributed by atoms with Crippen LogP contribution in [0.2, 0.25) is 0 Å². The minimum atomic E-state index is -3.92. The van der Waals surface area contributed by atoms with Crippen molar-refractivity contribution in [3.8, 4) is 5.75 Å². The second-order valence-corrected chi connectivity index (χ2v) is 10.1. The molecule has 178 valence electrons. The quantitative estimate of drug-likeness (QED) is 0.484. The number of carbonyl (C=O) groups excluding carboxylic acids is 1. The number of amides is 1. The number of fused-ring (bicyclic) bond motifs is 1. The van der Waals surface area contributed by atoms with Crippen molar-refractivity contribution in [3.63, 3.8) is 0 Å². The third-order valence-electron chi connectivity index (χ3n) is 6.03. The second kappa shape index (κ2) is 10.8. The van der Waals surface area contributed by atoms with Crippen molar-refractivity contribution < 1.29 is 17.9 Å². The maximum atomic E-state index is 13.4. The predicted molar refractivity (Wildman–Crippen MR) is 132 cm³/mol. The van der Waals surface area contributed by atoms with E-state index in [0.717, 1.165) is 30.4 Å². The lowest BCUT2D eigenvalue weighted by Crippen LogP contribution is -2.49. The highest BCUT2D eigenvalue weighted by Crippen LogP contribution is 2.29. The van der Waals surface area contributed by atoms with E-state index in [1.54, 1.807) is 12.1 Å². The summed E-state index contributed by atoms with van der Waals surface area (Å²) < 4.78 is 34.4. The van der Waals surface area contributed by atoms with Crippen molar-refractivity contribution >= 4 is 15.9 Å². The Morgan fingerprint density at radius 2 is 1.71 bits per heavy atom. The molecular weight excluding hydrogens is 448 g/mol. The van der Waals surface area contributed by atoms with Gasteiger partial charge in [0.2, 0.25) is 15.9 Å². The van der Waals surface area contributed by atoms with E-state index in [1.807, 2.05) is 55.5 Å². The van der Waals surface area contributed by atoms with Crippen molar-refractivity contribution in [1.29, 1.82) is 0 Å². The number of benzene rings is 3. The van der Waals surface area contributed by atoms with Gasteiger partial charge in [0.25, 0.3) is 0 Å². The zero-order valence-corrected chi connectivity index (χ0v) is 20.1. The first-order chi connectivity index (χ1) is 16.5. The maximum Gasteiger partial charge on any atom is 0.241 e. The highest BCUT2D eigenvalue weighted by molar-refractivity contribution is 7.89. The average molecular weight is 479 g/mol. The Hall–Kier alpha value is -3.16. The van der Waals surface area contributed by atoms with E-state index in [9.17, 15) is 13.2 Å². The molecule has 2 atom stereocenters. The third kappa shape index (κ3) is 5.85. The molecule has 6 nitrogen and oxygen atoms in total. The summed E-state index contributed by atoms with van der Waals surface area (Å²) in [6.07, 6.45) is 3.04. The number of ether oxygens (including phenoxy) is 1. The van der Waals surface area contributed by atoms with Gasteiger partial charge >= 0.3 is 0 Å². The molecule has 0 bridgehead atoms. The van der Waals surface area contributed by atoms with Crippen LogP contribution in [0.25, 0.3) is 0 Å². The Labute approximate surface area is 201 Å². The highest BCUT2D eigenvalue weighted by Gasteiger charge is 2.29. The summed E-state index contributed by atoms with van der Waals surface area (Å²) in [5, 5.41) is 3.11. The molecule has 1 amide bonds. The van der Waals surface area contributed by atoms with Gasteiger partial charge in [-0.3, -0.25) is 4.79 Å². The van der Waals surface area contributed by atoms with Gasteiger partial charge < -0.3 is 10.1 Å². The minimum Gasteiger partial charge on any atom is -0.494 e. The van der Waals surface area contributed by atoms with E-state index >= 15 is 0 Å². The normalized spacial score (nSPS) is 16.3. The summed E-state index contributed by atoms with van der Waals surface area (Å²) in [4.78, 5) is 13.5. The maximum absolute atomic E-state index is 13.4. The van der Waals surface area contributed by atoms with Gasteiger partial charge in [0.05, 0.1) is 17.5 Å². The van der Waals surface area contributed by atoms with Crippen LogP contribution in [0, 0.1) is 0 Å². The SMILES string of the molecule is CCOc1ccc(S(=O)(=O)N[C@@H](Cc2ccccc2)C(=O)N[C@H]2CCCc3ccccc32)cc1. The lowest BCUT2D eigenvalue weighted by Gasteiger charge is -2.28. The van der Waals surface area contributed by atoms with Crippen molar-refractivity contribution in [1.82, 2.24) is 10.0 Å². The Bertz CT molecular complexity index is 1210. The van der Waals surface area contributed by atoms with E-state index in [4.69, 9.17) is 4.74 Å². The smallest absolute Gasteiger partial charge is 0.241 e. The van der Waals surface area contributed by atoms with E-state index in [2.05, 4.69) is 16.1 Å². The first-order valence-electron chi connectivity index (χ1n) is 11.6. The molecule has 0 unspecified atom stereocenters. The van der Waals surface area contributed by atoms with E-state index in [0.29, 0.717) is 12.4 Å². The number of hydrogen-bond acceptors (Lipinski definition) is 4. The number of rotatable bonds is 9. The summed E-state index contributed by atoms with van der Waals surface area (Å²) in [7, 11) is -3.92. The minimum absolute atomic E-state index is 0.0878. The van der Waals surface area contributed by atoms with Gasteiger partial charge in [0, 0.05) is 0 Å². The average Bonchev–Trinajstić information content (AvgIpc) is 2.85. The van der Waals surface area contributed by atoms with Crippen LogP contribution in [-0.2, 0) is 27.7 Å². The van der Waals surface area contributed by atoms with Crippen LogP contribution in [-0.4, -0.2) is 27.0 Å². The van der Waals surface area contributed by atoms with Crippen molar-refractivity contribution in [2.45, 2.75) is 49.6 Å². The van der Waals surface area contributed by atoms with Gasteiger partial charge in [-0.25, -0.2) is 8.42 Å². The number of carbonyl (C=O) groups is 1. The summed E-state index contributed by atoms with van der Waals surface area (Å²) in [5.74, 6) is 0.260. The second-order valence-electron chi connectivity index (χ2n) is 8.42. The highest BCUT2D eigenvalue weighted by atomic mass is 32.2. The molecule has 3 aromatic carbocycles. The van der Waals surface area contributed by atoms with Gasteiger partial charge in [-0.2, -0.15) is 4.72 Å². The zero-order chi connectivity index (χ0) is 24.0. The fraction of sp³-hybridized carbons (Fsp3) is 0.296. The van der Waals surface area contributed by atoms with Crippen LogP contribution in [0.1, 0.15) is 42.5 Å². The molecule has 1 aliphatic rings. The summed E-state index contributed by atoms with van der Waals surface area (Å²) >= 11 is 0. The Morgan fingerprint density at radius 1 is 1.00 bits per heavy atom. The molecule has 0 fully saturated rings. The molecular formula is C27H30N2O4S. The first kappa shape index (κ1) is 24.0. The lowest BCUT2D eigenvalue weighted by atomic mass is 9.87. The summed E-state index contributed by atoms with van der Waals surface area (Å²) in [6.45, 7) is 2.36. The Balaban J connectivity index is 1.56. The molecule has 34 heavy (non-hydrogen) atoms. The van der Waals surface area contributed by atoms with Crippen molar-refractivity contribution in [2.24, 2.45) is 0 Å². The van der Waals surface area contributed by atoms with Crippen LogP contribution in [0.15, 0.2) is 83.8 Å². The number of hydrogen-bond donors (Lipinski definition) is 2. The molecule has 0 spiro atoms. The molecule has 0 saturated heterocycles. The molecule has 0 radical (unpaired) electrons. The first-order valence-corrected chi connectivity index (χ1v) is 13.1. The van der Waals surface area contributed by atoms with Crippen molar-refractivity contribution in [3.05, 3.63) is 95.6 Å². The molecule has 3 aromatic rings. The van der Waals surface area contributed by atoms with Gasteiger partial charge in [0.15, 0.2) is 0 Å². The third-order valence-corrected chi connectivity index (χ3v) is 7.52. The van der Waals surface area contributed by atoms with Crippen LogP contribution in [0.3, 0.4) is 0 Å². The zero-order valence-electron chi connectivity index (χ0n) is 19.2. The van der Waals surface area contributed by atoms with Crippen LogP contribution in [0.4, 0.5) is 0 Å². The molecule has 0 aliphatic heterocycles. The summed E-state index contributed by atoms with van der Waals surface area (Å²) in [6, 6.07) is 22.6. The van der Waals surface area contributed by atoms with Gasteiger partial charge in [-0.05, 0) is 73.6 Å². The molecule has 2 N–H and O–H groups in total. The fourth-order valence-corrected chi connectivity index (χ4v) is 5.55. The van der Waals surface area contributed by atoms with Gasteiger partial charge in [-0.1, -0.05) is 54.6 Å².